The van der Waals surface area contributed by atoms with E-state index in [1.807, 2.05) is 30.3 Å². The van der Waals surface area contributed by atoms with Crippen molar-refractivity contribution in [1.82, 2.24) is 0 Å². The summed E-state index contributed by atoms with van der Waals surface area (Å²) in [5.74, 6) is 1.02. The van der Waals surface area contributed by atoms with Crippen LogP contribution in [0.25, 0.3) is 10.4 Å². The molecule has 1 N–H and O–H groups in total. The SMILES string of the molecule is COc1ccc(OC)c(NC(=O)c2ccc(-c3ccc(Cl)cc3)s2)c1. The summed E-state index contributed by atoms with van der Waals surface area (Å²) >= 11 is 7.33. The Bertz CT molecular complexity index is 890. The third kappa shape index (κ3) is 3.95. The number of halogens is 1. The van der Waals surface area contributed by atoms with Gasteiger partial charge in [-0.05, 0) is 42.0 Å². The molecule has 0 bridgehead atoms. The topological polar surface area (TPSA) is 47.6 Å². The van der Waals surface area contributed by atoms with Crippen molar-refractivity contribution in [1.29, 1.82) is 0 Å². The minimum Gasteiger partial charge on any atom is -0.497 e. The summed E-state index contributed by atoms with van der Waals surface area (Å²) in [4.78, 5) is 14.2. The number of rotatable bonds is 5. The van der Waals surface area contributed by atoms with Crippen molar-refractivity contribution < 1.29 is 14.3 Å². The largest absolute Gasteiger partial charge is 0.497 e. The molecule has 1 aromatic heterocycles. The Morgan fingerprint density at radius 3 is 2.44 bits per heavy atom. The van der Waals surface area contributed by atoms with E-state index in [9.17, 15) is 4.79 Å². The average molecular weight is 374 g/mol. The van der Waals surface area contributed by atoms with Crippen molar-refractivity contribution in [3.8, 4) is 21.9 Å². The average Bonchev–Trinajstić information content (AvgIpc) is 3.12. The first-order valence-electron chi connectivity index (χ1n) is 7.50. The molecule has 4 nitrogen and oxygen atoms in total. The monoisotopic (exact) mass is 373 g/mol. The number of anilines is 1. The first-order valence-corrected chi connectivity index (χ1v) is 8.69. The van der Waals surface area contributed by atoms with Crippen molar-refractivity contribution >= 4 is 34.5 Å². The summed E-state index contributed by atoms with van der Waals surface area (Å²) in [6.45, 7) is 0. The fraction of sp³-hybridized carbons (Fsp3) is 0.105. The predicted octanol–water partition coefficient (Wildman–Crippen LogP) is 5.34. The van der Waals surface area contributed by atoms with Crippen LogP contribution in [0.4, 0.5) is 5.69 Å². The van der Waals surface area contributed by atoms with Gasteiger partial charge in [-0.15, -0.1) is 11.3 Å². The van der Waals surface area contributed by atoms with E-state index in [4.69, 9.17) is 21.1 Å². The van der Waals surface area contributed by atoms with Crippen LogP contribution in [-0.4, -0.2) is 20.1 Å². The highest BCUT2D eigenvalue weighted by molar-refractivity contribution is 7.17. The van der Waals surface area contributed by atoms with Gasteiger partial charge < -0.3 is 14.8 Å². The molecular weight excluding hydrogens is 358 g/mol. The number of hydrogen-bond acceptors (Lipinski definition) is 4. The lowest BCUT2D eigenvalue weighted by Crippen LogP contribution is -2.11. The van der Waals surface area contributed by atoms with Gasteiger partial charge in [0.15, 0.2) is 0 Å². The Morgan fingerprint density at radius 1 is 1.00 bits per heavy atom. The van der Waals surface area contributed by atoms with Crippen LogP contribution in [0.3, 0.4) is 0 Å². The Hall–Kier alpha value is -2.50. The summed E-state index contributed by atoms with van der Waals surface area (Å²) < 4.78 is 10.5. The number of carbonyl (C=O) groups is 1. The number of methoxy groups -OCH3 is 2. The third-order valence-electron chi connectivity index (χ3n) is 3.61. The number of ether oxygens (including phenoxy) is 2. The molecular formula is C19H16ClNO3S. The summed E-state index contributed by atoms with van der Waals surface area (Å²) in [6.07, 6.45) is 0. The molecule has 0 aliphatic rings. The minimum absolute atomic E-state index is 0.197. The van der Waals surface area contributed by atoms with Crippen LogP contribution in [0.1, 0.15) is 9.67 Å². The number of nitrogens with one attached hydrogen (secondary N) is 1. The maximum Gasteiger partial charge on any atom is 0.265 e. The van der Waals surface area contributed by atoms with Crippen LogP contribution in [0.5, 0.6) is 11.5 Å². The Labute approximate surface area is 155 Å². The molecule has 0 unspecified atom stereocenters. The fourth-order valence-corrected chi connectivity index (χ4v) is 3.36. The molecule has 0 spiro atoms. The second-order valence-corrected chi connectivity index (χ2v) is 6.71. The van der Waals surface area contributed by atoms with Crippen molar-refractivity contribution in [2.75, 3.05) is 19.5 Å². The van der Waals surface area contributed by atoms with Gasteiger partial charge in [0.1, 0.15) is 11.5 Å². The highest BCUT2D eigenvalue weighted by Crippen LogP contribution is 2.32. The second kappa shape index (κ2) is 7.59. The maximum absolute atomic E-state index is 12.6. The molecule has 2 aromatic carbocycles. The molecule has 1 heterocycles. The predicted molar refractivity (Wildman–Crippen MR) is 102 cm³/mol. The molecule has 0 aliphatic carbocycles. The van der Waals surface area contributed by atoms with Crippen molar-refractivity contribution in [3.63, 3.8) is 0 Å². The molecule has 3 rings (SSSR count). The molecule has 0 radical (unpaired) electrons. The van der Waals surface area contributed by atoms with E-state index in [2.05, 4.69) is 5.32 Å². The van der Waals surface area contributed by atoms with Crippen molar-refractivity contribution in [3.05, 3.63) is 64.5 Å². The fourth-order valence-electron chi connectivity index (χ4n) is 2.32. The summed E-state index contributed by atoms with van der Waals surface area (Å²) in [7, 11) is 3.13. The Morgan fingerprint density at radius 2 is 1.76 bits per heavy atom. The highest BCUT2D eigenvalue weighted by Gasteiger charge is 2.14. The van der Waals surface area contributed by atoms with Gasteiger partial charge >= 0.3 is 0 Å². The number of carbonyl (C=O) groups excluding carboxylic acids is 1. The molecule has 0 atom stereocenters. The van der Waals surface area contributed by atoms with E-state index in [0.29, 0.717) is 27.1 Å². The molecule has 128 valence electrons. The summed E-state index contributed by atoms with van der Waals surface area (Å²) in [6, 6.07) is 16.5. The van der Waals surface area contributed by atoms with Crippen molar-refractivity contribution in [2.24, 2.45) is 0 Å². The van der Waals surface area contributed by atoms with Gasteiger partial charge in [0.05, 0.1) is 24.8 Å². The van der Waals surface area contributed by atoms with Crippen LogP contribution < -0.4 is 14.8 Å². The number of thiophene rings is 1. The molecule has 0 aliphatic heterocycles. The van der Waals surface area contributed by atoms with Crippen LogP contribution in [-0.2, 0) is 0 Å². The van der Waals surface area contributed by atoms with E-state index < -0.39 is 0 Å². The van der Waals surface area contributed by atoms with Gasteiger partial charge in [0.25, 0.3) is 5.91 Å². The van der Waals surface area contributed by atoms with E-state index in [1.54, 1.807) is 38.5 Å². The molecule has 25 heavy (non-hydrogen) atoms. The van der Waals surface area contributed by atoms with Gasteiger partial charge in [-0.1, -0.05) is 23.7 Å². The Kier molecular flexibility index (Phi) is 5.26. The normalized spacial score (nSPS) is 10.4. The maximum atomic E-state index is 12.6. The zero-order chi connectivity index (χ0) is 17.8. The number of benzene rings is 2. The lowest BCUT2D eigenvalue weighted by Gasteiger charge is -2.11. The first kappa shape index (κ1) is 17.3. The van der Waals surface area contributed by atoms with E-state index in [-0.39, 0.29) is 5.91 Å². The first-order chi connectivity index (χ1) is 12.1. The minimum atomic E-state index is -0.197. The standard InChI is InChI=1S/C19H16ClNO3S/c1-23-14-7-8-16(24-2)15(11-14)21-19(22)18-10-9-17(25-18)12-3-5-13(20)6-4-12/h3-11H,1-2H3,(H,21,22). The molecule has 0 fully saturated rings. The van der Waals surface area contributed by atoms with Gasteiger partial charge in [0, 0.05) is 16.0 Å². The third-order valence-corrected chi connectivity index (χ3v) is 5.00. The van der Waals surface area contributed by atoms with Gasteiger partial charge in [-0.2, -0.15) is 0 Å². The zero-order valence-corrected chi connectivity index (χ0v) is 15.3. The van der Waals surface area contributed by atoms with Crippen LogP contribution in [0, 0.1) is 0 Å². The molecule has 0 saturated heterocycles. The highest BCUT2D eigenvalue weighted by atomic mass is 35.5. The number of amides is 1. The van der Waals surface area contributed by atoms with Crippen molar-refractivity contribution in [2.45, 2.75) is 0 Å². The van der Waals surface area contributed by atoms with E-state index in [1.165, 1.54) is 11.3 Å². The smallest absolute Gasteiger partial charge is 0.265 e. The summed E-state index contributed by atoms with van der Waals surface area (Å²) in [5, 5.41) is 3.56. The quantitative estimate of drug-likeness (QED) is 0.656. The lowest BCUT2D eigenvalue weighted by molar-refractivity contribution is 0.103. The molecule has 3 aromatic rings. The summed E-state index contributed by atoms with van der Waals surface area (Å²) in [5.41, 5.74) is 1.58. The number of hydrogen-bond donors (Lipinski definition) is 1. The van der Waals surface area contributed by atoms with Crippen LogP contribution in [0.2, 0.25) is 5.02 Å². The molecule has 0 saturated carbocycles. The lowest BCUT2D eigenvalue weighted by atomic mass is 10.2. The zero-order valence-electron chi connectivity index (χ0n) is 13.7. The Balaban J connectivity index is 1.81. The van der Waals surface area contributed by atoms with Gasteiger partial charge in [0.2, 0.25) is 0 Å². The van der Waals surface area contributed by atoms with E-state index >= 15 is 0 Å². The van der Waals surface area contributed by atoms with Crippen LogP contribution in [0.15, 0.2) is 54.6 Å². The van der Waals surface area contributed by atoms with E-state index in [0.717, 1.165) is 10.4 Å². The second-order valence-electron chi connectivity index (χ2n) is 5.19. The molecule has 6 heteroatoms. The van der Waals surface area contributed by atoms with Gasteiger partial charge in [-0.25, -0.2) is 0 Å². The molecule has 1 amide bonds. The van der Waals surface area contributed by atoms with Gasteiger partial charge in [-0.3, -0.25) is 4.79 Å². The van der Waals surface area contributed by atoms with Crippen LogP contribution >= 0.6 is 22.9 Å².